The first-order valence-electron chi connectivity index (χ1n) is 3.27. The van der Waals surface area contributed by atoms with Crippen LogP contribution in [0.25, 0.3) is 0 Å². The first kappa shape index (κ1) is 10.8. The number of anilines is 1. The van der Waals surface area contributed by atoms with Gasteiger partial charge in [0.05, 0.1) is 0 Å². The van der Waals surface area contributed by atoms with E-state index >= 15 is 0 Å². The molecule has 0 aliphatic carbocycles. The highest BCUT2D eigenvalue weighted by Gasteiger charge is 2.05. The fourth-order valence-corrected chi connectivity index (χ4v) is 0.679. The molecule has 0 aliphatic heterocycles. The zero-order chi connectivity index (χ0) is 8.27. The van der Waals surface area contributed by atoms with E-state index in [0.717, 1.165) is 0 Å². The second kappa shape index (κ2) is 4.61. The van der Waals surface area contributed by atoms with Crippen molar-refractivity contribution in [3.05, 3.63) is 17.5 Å². The minimum absolute atomic E-state index is 0. The van der Waals surface area contributed by atoms with E-state index in [1.807, 2.05) is 6.92 Å². The van der Waals surface area contributed by atoms with Crippen molar-refractivity contribution >= 4 is 18.2 Å². The summed E-state index contributed by atoms with van der Waals surface area (Å²) < 4.78 is 0.292. The lowest BCUT2D eigenvalue weighted by Gasteiger charge is -2.00. The topological polar surface area (TPSA) is 72.1 Å². The van der Waals surface area contributed by atoms with Gasteiger partial charge in [-0.15, -0.1) is 12.4 Å². The minimum atomic E-state index is -0.538. The lowest BCUT2D eigenvalue weighted by molar-refractivity contribution is -0.616. The highest BCUT2D eigenvalue weighted by atomic mass is 35.5. The molecule has 0 fully saturated rings. The summed E-state index contributed by atoms with van der Waals surface area (Å²) in [5, 5.41) is 22.2. The average Bonchev–Trinajstić information content (AvgIpc) is 1.98. The molecular formula is C6H10ClN3O2. The summed E-state index contributed by atoms with van der Waals surface area (Å²) in [6.45, 7) is 2.60. The van der Waals surface area contributed by atoms with E-state index < -0.39 is 6.01 Å². The van der Waals surface area contributed by atoms with Gasteiger partial charge in [-0.2, -0.15) is 0 Å². The van der Waals surface area contributed by atoms with Crippen molar-refractivity contribution in [2.45, 2.75) is 6.92 Å². The van der Waals surface area contributed by atoms with Crippen LogP contribution in [0.15, 0.2) is 12.3 Å². The number of nitrogens with one attached hydrogen (secondary N) is 1. The van der Waals surface area contributed by atoms with Gasteiger partial charge in [0.25, 0.3) is 0 Å². The SMILES string of the molecule is CCNc1cc[n+]([O-])c(O)n1.Cl. The van der Waals surface area contributed by atoms with Crippen LogP contribution in [-0.4, -0.2) is 16.6 Å². The molecule has 0 spiro atoms. The van der Waals surface area contributed by atoms with Gasteiger partial charge in [-0.1, -0.05) is 0 Å². The Labute approximate surface area is 76.1 Å². The van der Waals surface area contributed by atoms with E-state index in [2.05, 4.69) is 10.3 Å². The number of rotatable bonds is 2. The lowest BCUT2D eigenvalue weighted by Crippen LogP contribution is -2.26. The number of halogens is 1. The third kappa shape index (κ3) is 2.43. The summed E-state index contributed by atoms with van der Waals surface area (Å²) in [5.74, 6) is 0.497. The highest BCUT2D eigenvalue weighted by Crippen LogP contribution is 2.02. The number of hydrogen-bond acceptors (Lipinski definition) is 4. The molecule has 1 heterocycles. The Hall–Kier alpha value is -1.23. The molecule has 1 rings (SSSR count). The number of aromatic nitrogens is 2. The molecule has 5 nitrogen and oxygen atoms in total. The van der Waals surface area contributed by atoms with Crippen LogP contribution in [-0.2, 0) is 0 Å². The molecule has 0 atom stereocenters. The van der Waals surface area contributed by atoms with Crippen LogP contribution in [0.2, 0.25) is 0 Å². The van der Waals surface area contributed by atoms with Crippen LogP contribution in [0.4, 0.5) is 5.82 Å². The van der Waals surface area contributed by atoms with Gasteiger partial charge >= 0.3 is 6.01 Å². The molecule has 1 aromatic rings. The Morgan fingerprint density at radius 3 is 2.92 bits per heavy atom. The lowest BCUT2D eigenvalue weighted by atomic mass is 10.5. The second-order valence-electron chi connectivity index (χ2n) is 1.97. The Kier molecular flexibility index (Phi) is 4.14. The molecule has 0 saturated heterocycles. The smallest absolute Gasteiger partial charge is 0.501 e. The van der Waals surface area contributed by atoms with Crippen molar-refractivity contribution in [2.24, 2.45) is 0 Å². The number of hydrogen-bond donors (Lipinski definition) is 2. The zero-order valence-corrected chi connectivity index (χ0v) is 7.34. The first-order chi connectivity index (χ1) is 5.24. The molecule has 2 N–H and O–H groups in total. The van der Waals surface area contributed by atoms with Crippen LogP contribution in [0.5, 0.6) is 6.01 Å². The van der Waals surface area contributed by atoms with Gasteiger partial charge in [-0.25, -0.2) is 4.73 Å². The summed E-state index contributed by atoms with van der Waals surface area (Å²) in [7, 11) is 0. The highest BCUT2D eigenvalue weighted by molar-refractivity contribution is 5.85. The van der Waals surface area contributed by atoms with Crippen LogP contribution < -0.4 is 10.0 Å². The van der Waals surface area contributed by atoms with Gasteiger partial charge in [0, 0.05) is 17.6 Å². The van der Waals surface area contributed by atoms with Gasteiger partial charge in [0.15, 0.2) is 0 Å². The van der Waals surface area contributed by atoms with Crippen LogP contribution >= 0.6 is 12.4 Å². The molecule has 0 amide bonds. The van der Waals surface area contributed by atoms with E-state index in [1.165, 1.54) is 12.3 Å². The van der Waals surface area contributed by atoms with E-state index in [-0.39, 0.29) is 12.4 Å². The van der Waals surface area contributed by atoms with E-state index in [9.17, 15) is 5.21 Å². The predicted molar refractivity (Wildman–Crippen MR) is 46.3 cm³/mol. The summed E-state index contributed by atoms with van der Waals surface area (Å²) >= 11 is 0. The predicted octanol–water partition coefficient (Wildman–Crippen LogP) is 0.274. The third-order valence-corrected chi connectivity index (χ3v) is 1.14. The molecule has 12 heavy (non-hydrogen) atoms. The maximum atomic E-state index is 10.6. The van der Waals surface area contributed by atoms with Crippen molar-refractivity contribution in [2.75, 3.05) is 11.9 Å². The van der Waals surface area contributed by atoms with Crippen molar-refractivity contribution in [3.63, 3.8) is 0 Å². The quantitative estimate of drug-likeness (QED) is 0.520. The zero-order valence-electron chi connectivity index (χ0n) is 6.52. The summed E-state index contributed by atoms with van der Waals surface area (Å²) in [6, 6.07) is 0.958. The van der Waals surface area contributed by atoms with Gasteiger partial charge in [0.1, 0.15) is 6.20 Å². The monoisotopic (exact) mass is 191 g/mol. The minimum Gasteiger partial charge on any atom is -0.708 e. The fourth-order valence-electron chi connectivity index (χ4n) is 0.679. The molecule has 0 bridgehead atoms. The molecule has 1 aromatic heterocycles. The molecule has 68 valence electrons. The Morgan fingerprint density at radius 2 is 2.42 bits per heavy atom. The van der Waals surface area contributed by atoms with Crippen molar-refractivity contribution in [3.8, 4) is 6.01 Å². The first-order valence-corrected chi connectivity index (χ1v) is 3.27. The molecule has 0 aromatic carbocycles. The van der Waals surface area contributed by atoms with Crippen molar-refractivity contribution in [1.82, 2.24) is 4.98 Å². The summed E-state index contributed by atoms with van der Waals surface area (Å²) in [6.07, 6.45) is 1.19. The molecule has 0 unspecified atom stereocenters. The molecule has 0 aliphatic rings. The molecule has 0 radical (unpaired) electrons. The third-order valence-electron chi connectivity index (χ3n) is 1.14. The van der Waals surface area contributed by atoms with E-state index in [4.69, 9.17) is 5.11 Å². The standard InChI is InChI=1S/C6H9N3O2.ClH/c1-2-7-5-3-4-9(11)6(10)8-5;/h3-4H,2H2,1H3,(H2,7,8,10);1H. The summed E-state index contributed by atoms with van der Waals surface area (Å²) in [4.78, 5) is 3.56. The van der Waals surface area contributed by atoms with Crippen molar-refractivity contribution in [1.29, 1.82) is 0 Å². The van der Waals surface area contributed by atoms with Gasteiger partial charge in [-0.05, 0) is 6.92 Å². The Morgan fingerprint density at radius 1 is 1.75 bits per heavy atom. The van der Waals surface area contributed by atoms with Crippen LogP contribution in [0, 0.1) is 5.21 Å². The van der Waals surface area contributed by atoms with Crippen LogP contribution in [0.1, 0.15) is 6.92 Å². The van der Waals surface area contributed by atoms with Gasteiger partial charge in [-0.3, -0.25) is 0 Å². The molecular weight excluding hydrogens is 182 g/mol. The fraction of sp³-hybridized carbons (Fsp3) is 0.333. The largest absolute Gasteiger partial charge is 0.708 e. The maximum Gasteiger partial charge on any atom is 0.501 e. The van der Waals surface area contributed by atoms with Gasteiger partial charge < -0.3 is 15.6 Å². The molecule has 0 saturated carbocycles. The second-order valence-corrected chi connectivity index (χ2v) is 1.97. The summed E-state index contributed by atoms with van der Waals surface area (Å²) in [5.41, 5.74) is 0. The van der Waals surface area contributed by atoms with E-state index in [0.29, 0.717) is 17.1 Å². The Balaban J connectivity index is 0.00000121. The Bertz CT molecular complexity index is 257. The van der Waals surface area contributed by atoms with Gasteiger partial charge in [0.2, 0.25) is 5.82 Å². The van der Waals surface area contributed by atoms with E-state index in [1.54, 1.807) is 0 Å². The maximum absolute atomic E-state index is 10.6. The van der Waals surface area contributed by atoms with Crippen molar-refractivity contribution < 1.29 is 9.84 Å². The normalized spacial score (nSPS) is 8.75. The molecule has 6 heteroatoms. The van der Waals surface area contributed by atoms with Crippen LogP contribution in [0.3, 0.4) is 0 Å². The number of nitrogens with zero attached hydrogens (tertiary/aromatic N) is 2. The number of aromatic hydroxyl groups is 1. The average molecular weight is 192 g/mol.